The Labute approximate surface area is 69.4 Å². The second kappa shape index (κ2) is 6.35. The molecule has 0 aliphatic heterocycles. The molecular weight excluding hydrogens is 138 g/mol. The maximum atomic E-state index is 11.2. The molecule has 2 nitrogen and oxygen atoms in total. The van der Waals surface area contributed by atoms with Crippen LogP contribution in [0.2, 0.25) is 0 Å². The predicted molar refractivity (Wildman–Crippen MR) is 47.6 cm³/mol. The van der Waals surface area contributed by atoms with E-state index in [1.54, 1.807) is 0 Å². The van der Waals surface area contributed by atoms with Crippen LogP contribution in [0.5, 0.6) is 0 Å². The zero-order valence-corrected chi connectivity index (χ0v) is 7.81. The molecule has 0 amide bonds. The van der Waals surface area contributed by atoms with Crippen LogP contribution in [0, 0.1) is 5.92 Å². The zero-order chi connectivity index (χ0) is 8.69. The van der Waals surface area contributed by atoms with E-state index < -0.39 is 0 Å². The first-order valence-corrected chi connectivity index (χ1v) is 4.39. The van der Waals surface area contributed by atoms with Crippen LogP contribution in [-0.4, -0.2) is 19.4 Å². The molecule has 0 rings (SSSR count). The SMILES string of the molecule is CCC(C)C(=O)CCCNC. The molecule has 0 radical (unpaired) electrons. The number of Topliss-reactive ketones (excluding diaryl/α,β-unsaturated/α-hetero) is 1. The second-order valence-electron chi connectivity index (χ2n) is 2.98. The molecule has 0 heterocycles. The van der Waals surface area contributed by atoms with Crippen molar-refractivity contribution in [2.24, 2.45) is 5.92 Å². The molecule has 0 aliphatic rings. The first kappa shape index (κ1) is 10.6. The van der Waals surface area contributed by atoms with Crippen molar-refractivity contribution in [1.82, 2.24) is 5.32 Å². The summed E-state index contributed by atoms with van der Waals surface area (Å²) in [5.41, 5.74) is 0. The molecule has 11 heavy (non-hydrogen) atoms. The lowest BCUT2D eigenvalue weighted by Crippen LogP contribution is -2.13. The average molecular weight is 157 g/mol. The van der Waals surface area contributed by atoms with Crippen molar-refractivity contribution in [3.63, 3.8) is 0 Å². The van der Waals surface area contributed by atoms with E-state index in [0.29, 0.717) is 5.78 Å². The number of hydrogen-bond acceptors (Lipinski definition) is 2. The molecule has 0 saturated heterocycles. The summed E-state index contributed by atoms with van der Waals surface area (Å²) in [7, 11) is 1.91. The van der Waals surface area contributed by atoms with E-state index in [0.717, 1.165) is 25.8 Å². The highest BCUT2D eigenvalue weighted by molar-refractivity contribution is 5.80. The van der Waals surface area contributed by atoms with Gasteiger partial charge in [0.1, 0.15) is 5.78 Å². The van der Waals surface area contributed by atoms with Crippen molar-refractivity contribution in [2.75, 3.05) is 13.6 Å². The van der Waals surface area contributed by atoms with E-state index in [4.69, 9.17) is 0 Å². The molecule has 1 unspecified atom stereocenters. The lowest BCUT2D eigenvalue weighted by Gasteiger charge is -2.05. The van der Waals surface area contributed by atoms with E-state index in [2.05, 4.69) is 12.2 Å². The van der Waals surface area contributed by atoms with Gasteiger partial charge in [0.15, 0.2) is 0 Å². The largest absolute Gasteiger partial charge is 0.320 e. The molecule has 0 saturated carbocycles. The molecule has 0 aromatic rings. The number of ketones is 1. The molecule has 0 aromatic heterocycles. The van der Waals surface area contributed by atoms with E-state index in [-0.39, 0.29) is 5.92 Å². The Morgan fingerprint density at radius 3 is 2.64 bits per heavy atom. The van der Waals surface area contributed by atoms with Crippen LogP contribution in [0.15, 0.2) is 0 Å². The van der Waals surface area contributed by atoms with Crippen molar-refractivity contribution in [3.05, 3.63) is 0 Å². The van der Waals surface area contributed by atoms with Gasteiger partial charge in [0.25, 0.3) is 0 Å². The lowest BCUT2D eigenvalue weighted by atomic mass is 10.00. The molecule has 0 spiro atoms. The molecule has 0 fully saturated rings. The van der Waals surface area contributed by atoms with Gasteiger partial charge in [-0.05, 0) is 26.4 Å². The number of hydrogen-bond donors (Lipinski definition) is 1. The molecule has 2 heteroatoms. The fraction of sp³-hybridized carbons (Fsp3) is 0.889. The standard InChI is InChI=1S/C9H19NO/c1-4-8(2)9(11)6-5-7-10-3/h8,10H,4-7H2,1-3H3. The molecule has 66 valence electrons. The highest BCUT2D eigenvalue weighted by Gasteiger charge is 2.08. The van der Waals surface area contributed by atoms with Crippen LogP contribution < -0.4 is 5.32 Å². The minimum absolute atomic E-state index is 0.256. The third-order valence-corrected chi connectivity index (χ3v) is 2.01. The minimum Gasteiger partial charge on any atom is -0.320 e. The Morgan fingerprint density at radius 1 is 1.55 bits per heavy atom. The quantitative estimate of drug-likeness (QED) is 0.593. The van der Waals surface area contributed by atoms with E-state index >= 15 is 0 Å². The Bertz CT molecular complexity index is 112. The van der Waals surface area contributed by atoms with Gasteiger partial charge < -0.3 is 5.32 Å². The van der Waals surface area contributed by atoms with Crippen LogP contribution in [0.3, 0.4) is 0 Å². The summed E-state index contributed by atoms with van der Waals surface area (Å²) in [6.45, 7) is 5.00. The molecular formula is C9H19NO. The highest BCUT2D eigenvalue weighted by Crippen LogP contribution is 2.06. The van der Waals surface area contributed by atoms with Gasteiger partial charge in [-0.15, -0.1) is 0 Å². The van der Waals surface area contributed by atoms with Gasteiger partial charge in [-0.2, -0.15) is 0 Å². The molecule has 1 N–H and O–H groups in total. The van der Waals surface area contributed by atoms with Gasteiger partial charge in [0, 0.05) is 12.3 Å². The van der Waals surface area contributed by atoms with Crippen molar-refractivity contribution in [3.8, 4) is 0 Å². The van der Waals surface area contributed by atoms with Gasteiger partial charge in [-0.3, -0.25) is 4.79 Å². The predicted octanol–water partition coefficient (Wildman–Crippen LogP) is 1.60. The van der Waals surface area contributed by atoms with Gasteiger partial charge in [-0.25, -0.2) is 0 Å². The fourth-order valence-electron chi connectivity index (χ4n) is 0.913. The first-order chi connectivity index (χ1) is 5.22. The molecule has 0 aliphatic carbocycles. The third kappa shape index (κ3) is 4.96. The molecule has 0 bridgehead atoms. The molecule has 0 aromatic carbocycles. The molecule has 1 atom stereocenters. The number of rotatable bonds is 6. The van der Waals surface area contributed by atoms with Gasteiger partial charge in [0.05, 0.1) is 0 Å². The Kier molecular flexibility index (Phi) is 6.13. The van der Waals surface area contributed by atoms with Crippen molar-refractivity contribution < 1.29 is 4.79 Å². The van der Waals surface area contributed by atoms with Gasteiger partial charge >= 0.3 is 0 Å². The maximum Gasteiger partial charge on any atom is 0.135 e. The highest BCUT2D eigenvalue weighted by atomic mass is 16.1. The van der Waals surface area contributed by atoms with Crippen molar-refractivity contribution >= 4 is 5.78 Å². The van der Waals surface area contributed by atoms with Gasteiger partial charge in [-0.1, -0.05) is 13.8 Å². The van der Waals surface area contributed by atoms with Crippen LogP contribution >= 0.6 is 0 Å². The topological polar surface area (TPSA) is 29.1 Å². The summed E-state index contributed by atoms with van der Waals surface area (Å²) in [6, 6.07) is 0. The van der Waals surface area contributed by atoms with Crippen molar-refractivity contribution in [1.29, 1.82) is 0 Å². The number of carbonyl (C=O) groups excluding carboxylic acids is 1. The Balaban J connectivity index is 3.36. The monoisotopic (exact) mass is 157 g/mol. The average Bonchev–Trinajstić information content (AvgIpc) is 2.03. The third-order valence-electron chi connectivity index (χ3n) is 2.01. The second-order valence-corrected chi connectivity index (χ2v) is 2.98. The summed E-state index contributed by atoms with van der Waals surface area (Å²) >= 11 is 0. The smallest absolute Gasteiger partial charge is 0.135 e. The van der Waals surface area contributed by atoms with E-state index in [9.17, 15) is 4.79 Å². The Morgan fingerprint density at radius 2 is 2.18 bits per heavy atom. The van der Waals surface area contributed by atoms with Gasteiger partial charge in [0.2, 0.25) is 0 Å². The summed E-state index contributed by atoms with van der Waals surface area (Å²) in [4.78, 5) is 11.2. The van der Waals surface area contributed by atoms with Crippen LogP contribution in [0.1, 0.15) is 33.1 Å². The summed E-state index contributed by atoms with van der Waals surface area (Å²) in [5, 5.41) is 3.03. The summed E-state index contributed by atoms with van der Waals surface area (Å²) in [5.74, 6) is 0.662. The Hall–Kier alpha value is -0.370. The van der Waals surface area contributed by atoms with E-state index in [1.807, 2.05) is 14.0 Å². The maximum absolute atomic E-state index is 11.2. The van der Waals surface area contributed by atoms with Crippen LogP contribution in [0.25, 0.3) is 0 Å². The zero-order valence-electron chi connectivity index (χ0n) is 7.81. The van der Waals surface area contributed by atoms with Crippen molar-refractivity contribution in [2.45, 2.75) is 33.1 Å². The number of carbonyl (C=O) groups is 1. The van der Waals surface area contributed by atoms with Crippen LogP contribution in [-0.2, 0) is 4.79 Å². The minimum atomic E-state index is 0.256. The first-order valence-electron chi connectivity index (χ1n) is 4.39. The van der Waals surface area contributed by atoms with Crippen LogP contribution in [0.4, 0.5) is 0 Å². The number of nitrogens with one attached hydrogen (secondary N) is 1. The summed E-state index contributed by atoms with van der Waals surface area (Å²) < 4.78 is 0. The lowest BCUT2D eigenvalue weighted by molar-refractivity contribution is -0.122. The normalized spacial score (nSPS) is 13.0. The fourth-order valence-corrected chi connectivity index (χ4v) is 0.913. The summed E-state index contributed by atoms with van der Waals surface area (Å²) in [6.07, 6.45) is 2.67. The van der Waals surface area contributed by atoms with E-state index in [1.165, 1.54) is 0 Å².